The van der Waals surface area contributed by atoms with Crippen LogP contribution in [0, 0.1) is 5.92 Å². The number of hydrogen-bond acceptors (Lipinski definition) is 2. The molecular formula is C13H26O3Si. The summed E-state index contributed by atoms with van der Waals surface area (Å²) >= 11 is 0. The largest absolute Gasteiger partial charge is 0.478 e. The summed E-state index contributed by atoms with van der Waals surface area (Å²) in [5.74, 6) is -0.526. The van der Waals surface area contributed by atoms with Crippen LogP contribution in [0.5, 0.6) is 0 Å². The molecule has 0 amide bonds. The summed E-state index contributed by atoms with van der Waals surface area (Å²) < 4.78 is 6.07. The van der Waals surface area contributed by atoms with Crippen LogP contribution >= 0.6 is 0 Å². The standard InChI is InChI=1S/C13H26O3Si/c1-11(8-7-9-12(14)15)10-16-17(5,6)13(2,3)4/h7,9,11H,8,10H2,1-6H3,(H,14,15)/b9-7+. The van der Waals surface area contributed by atoms with E-state index in [1.165, 1.54) is 6.08 Å². The number of hydrogen-bond donors (Lipinski definition) is 1. The molecule has 17 heavy (non-hydrogen) atoms. The molecule has 0 aromatic rings. The van der Waals surface area contributed by atoms with Crippen molar-refractivity contribution in [2.75, 3.05) is 6.61 Å². The number of carbonyl (C=O) groups is 1. The minimum atomic E-state index is -1.67. The van der Waals surface area contributed by atoms with E-state index in [2.05, 4.69) is 40.8 Å². The zero-order valence-electron chi connectivity index (χ0n) is 11.9. The van der Waals surface area contributed by atoms with Crippen molar-refractivity contribution in [1.82, 2.24) is 0 Å². The summed E-state index contributed by atoms with van der Waals surface area (Å²) in [6, 6.07) is 0. The van der Waals surface area contributed by atoms with Crippen molar-refractivity contribution in [3.8, 4) is 0 Å². The Labute approximate surface area is 106 Å². The van der Waals surface area contributed by atoms with E-state index in [-0.39, 0.29) is 5.04 Å². The lowest BCUT2D eigenvalue weighted by Gasteiger charge is -2.36. The second kappa shape index (κ2) is 6.35. The fourth-order valence-electron chi connectivity index (χ4n) is 1.04. The van der Waals surface area contributed by atoms with Crippen LogP contribution in [-0.2, 0) is 9.22 Å². The van der Waals surface area contributed by atoms with Gasteiger partial charge in [0.1, 0.15) is 0 Å². The van der Waals surface area contributed by atoms with Gasteiger partial charge in [-0.2, -0.15) is 0 Å². The average Bonchev–Trinajstić information content (AvgIpc) is 2.12. The second-order valence-corrected chi connectivity index (χ2v) is 11.0. The average molecular weight is 258 g/mol. The Morgan fingerprint density at radius 2 is 1.94 bits per heavy atom. The normalized spacial score (nSPS) is 15.2. The Morgan fingerprint density at radius 3 is 2.35 bits per heavy atom. The molecular weight excluding hydrogens is 232 g/mol. The molecule has 0 aromatic carbocycles. The van der Waals surface area contributed by atoms with Gasteiger partial charge in [-0.3, -0.25) is 0 Å². The highest BCUT2D eigenvalue weighted by atomic mass is 28.4. The first-order valence-corrected chi connectivity index (χ1v) is 9.00. The predicted octanol–water partition coefficient (Wildman–Crippen LogP) is 3.68. The van der Waals surface area contributed by atoms with Crippen molar-refractivity contribution in [2.24, 2.45) is 5.92 Å². The number of carboxylic acids is 1. The molecule has 0 saturated heterocycles. The molecule has 3 nitrogen and oxygen atoms in total. The Morgan fingerprint density at radius 1 is 1.41 bits per heavy atom. The first kappa shape index (κ1) is 16.4. The number of rotatable bonds is 6. The van der Waals surface area contributed by atoms with Crippen molar-refractivity contribution < 1.29 is 14.3 Å². The van der Waals surface area contributed by atoms with Gasteiger partial charge in [0.25, 0.3) is 0 Å². The van der Waals surface area contributed by atoms with E-state index >= 15 is 0 Å². The van der Waals surface area contributed by atoms with Crippen molar-refractivity contribution in [2.45, 2.75) is 52.2 Å². The monoisotopic (exact) mass is 258 g/mol. The van der Waals surface area contributed by atoms with Gasteiger partial charge in [-0.15, -0.1) is 0 Å². The van der Waals surface area contributed by atoms with E-state index in [1.54, 1.807) is 6.08 Å². The zero-order chi connectivity index (χ0) is 13.7. The van der Waals surface area contributed by atoms with E-state index in [4.69, 9.17) is 9.53 Å². The number of carboxylic acid groups (broad SMARTS) is 1. The van der Waals surface area contributed by atoms with Crippen LogP contribution in [0.15, 0.2) is 12.2 Å². The van der Waals surface area contributed by atoms with Crippen LogP contribution in [0.4, 0.5) is 0 Å². The number of aliphatic carboxylic acids is 1. The van der Waals surface area contributed by atoms with Crippen molar-refractivity contribution in [3.05, 3.63) is 12.2 Å². The Hall–Kier alpha value is -0.613. The second-order valence-electron chi connectivity index (χ2n) is 6.15. The molecule has 0 heterocycles. The fourth-order valence-corrected chi connectivity index (χ4v) is 2.17. The summed E-state index contributed by atoms with van der Waals surface area (Å²) in [5, 5.41) is 8.71. The Balaban J connectivity index is 4.08. The molecule has 0 aliphatic carbocycles. The van der Waals surface area contributed by atoms with Gasteiger partial charge in [-0.05, 0) is 30.5 Å². The molecule has 100 valence electrons. The van der Waals surface area contributed by atoms with Crippen LogP contribution in [0.1, 0.15) is 34.1 Å². The van der Waals surface area contributed by atoms with Gasteiger partial charge in [0, 0.05) is 12.7 Å². The minimum absolute atomic E-state index is 0.226. The van der Waals surface area contributed by atoms with Gasteiger partial charge >= 0.3 is 5.97 Å². The maximum absolute atomic E-state index is 10.3. The molecule has 1 N–H and O–H groups in total. The molecule has 1 unspecified atom stereocenters. The van der Waals surface area contributed by atoms with Crippen LogP contribution in [0.25, 0.3) is 0 Å². The van der Waals surface area contributed by atoms with Crippen LogP contribution in [-0.4, -0.2) is 26.0 Å². The van der Waals surface area contributed by atoms with Gasteiger partial charge in [-0.1, -0.05) is 33.8 Å². The quantitative estimate of drug-likeness (QED) is 0.584. The van der Waals surface area contributed by atoms with Crippen molar-refractivity contribution in [3.63, 3.8) is 0 Å². The predicted molar refractivity (Wildman–Crippen MR) is 73.7 cm³/mol. The molecule has 0 saturated carbocycles. The third kappa shape index (κ3) is 6.63. The Bertz CT molecular complexity index is 277. The first-order valence-electron chi connectivity index (χ1n) is 6.09. The van der Waals surface area contributed by atoms with Crippen molar-refractivity contribution >= 4 is 14.3 Å². The molecule has 0 aliphatic heterocycles. The fraction of sp³-hybridized carbons (Fsp3) is 0.769. The summed E-state index contributed by atoms with van der Waals surface area (Å²) in [5.41, 5.74) is 0. The lowest BCUT2D eigenvalue weighted by Crippen LogP contribution is -2.41. The molecule has 0 spiro atoms. The highest BCUT2D eigenvalue weighted by molar-refractivity contribution is 6.74. The third-order valence-corrected chi connectivity index (χ3v) is 7.83. The zero-order valence-corrected chi connectivity index (χ0v) is 12.9. The maximum atomic E-state index is 10.3. The smallest absolute Gasteiger partial charge is 0.327 e. The summed E-state index contributed by atoms with van der Waals surface area (Å²) in [6.45, 7) is 13.9. The molecule has 0 radical (unpaired) electrons. The van der Waals surface area contributed by atoms with Crippen LogP contribution < -0.4 is 0 Å². The van der Waals surface area contributed by atoms with Crippen LogP contribution in [0.2, 0.25) is 18.1 Å². The lowest BCUT2D eigenvalue weighted by atomic mass is 10.1. The Kier molecular flexibility index (Phi) is 6.13. The third-order valence-electron chi connectivity index (χ3n) is 3.33. The van der Waals surface area contributed by atoms with E-state index < -0.39 is 14.3 Å². The SMILES string of the molecule is CC(C/C=C/C(=O)O)CO[Si](C)(C)C(C)(C)C. The first-order chi connectivity index (χ1) is 7.56. The van der Waals surface area contributed by atoms with Crippen molar-refractivity contribution in [1.29, 1.82) is 0 Å². The topological polar surface area (TPSA) is 46.5 Å². The molecule has 0 bridgehead atoms. The molecule has 0 aromatic heterocycles. The summed E-state index contributed by atoms with van der Waals surface area (Å²) in [7, 11) is -1.67. The molecule has 0 aliphatic rings. The molecule has 4 heteroatoms. The number of allylic oxidation sites excluding steroid dienone is 1. The van der Waals surface area contributed by atoms with E-state index in [0.29, 0.717) is 12.5 Å². The van der Waals surface area contributed by atoms with Gasteiger partial charge in [0.05, 0.1) is 0 Å². The van der Waals surface area contributed by atoms with E-state index in [0.717, 1.165) is 6.42 Å². The highest BCUT2D eigenvalue weighted by Crippen LogP contribution is 2.36. The van der Waals surface area contributed by atoms with Crippen LogP contribution in [0.3, 0.4) is 0 Å². The lowest BCUT2D eigenvalue weighted by molar-refractivity contribution is -0.131. The van der Waals surface area contributed by atoms with Gasteiger partial charge in [0.15, 0.2) is 8.32 Å². The molecule has 0 fully saturated rings. The van der Waals surface area contributed by atoms with E-state index in [1.807, 2.05) is 0 Å². The van der Waals surface area contributed by atoms with Gasteiger partial charge < -0.3 is 9.53 Å². The summed E-state index contributed by atoms with van der Waals surface area (Å²) in [6.07, 6.45) is 3.64. The minimum Gasteiger partial charge on any atom is -0.478 e. The van der Waals surface area contributed by atoms with E-state index in [9.17, 15) is 4.79 Å². The van der Waals surface area contributed by atoms with Gasteiger partial charge in [-0.25, -0.2) is 4.79 Å². The molecule has 0 rings (SSSR count). The van der Waals surface area contributed by atoms with Gasteiger partial charge in [0.2, 0.25) is 0 Å². The highest BCUT2D eigenvalue weighted by Gasteiger charge is 2.37. The maximum Gasteiger partial charge on any atom is 0.327 e. The molecule has 1 atom stereocenters. The summed E-state index contributed by atoms with van der Waals surface area (Å²) in [4.78, 5) is 10.3.